The number of imidazole rings is 1. The maximum absolute atomic E-state index is 12.8. The molecule has 3 heterocycles. The fourth-order valence-electron chi connectivity index (χ4n) is 3.13. The summed E-state index contributed by atoms with van der Waals surface area (Å²) in [6.07, 6.45) is 3.57. The number of amides is 1. The summed E-state index contributed by atoms with van der Waals surface area (Å²) in [7, 11) is 1.90. The Bertz CT molecular complexity index is 882. The summed E-state index contributed by atoms with van der Waals surface area (Å²) < 4.78 is 3.77. The highest BCUT2D eigenvalue weighted by molar-refractivity contribution is 5.81. The van der Waals surface area contributed by atoms with Crippen LogP contribution in [-0.2, 0) is 24.9 Å². The van der Waals surface area contributed by atoms with E-state index in [2.05, 4.69) is 15.2 Å². The van der Waals surface area contributed by atoms with Gasteiger partial charge in [-0.05, 0) is 12.5 Å². The van der Waals surface area contributed by atoms with Crippen LogP contribution in [0.15, 0.2) is 42.7 Å². The molecular weight excluding hydrogens is 304 g/mol. The monoisotopic (exact) mass is 322 g/mol. The Labute approximate surface area is 139 Å². The molecule has 0 spiro atoms. The molecule has 122 valence electrons. The maximum Gasteiger partial charge on any atom is 0.246 e. The third kappa shape index (κ3) is 2.29. The third-order valence-corrected chi connectivity index (χ3v) is 4.39. The quantitative estimate of drug-likeness (QED) is 0.737. The SMILES string of the molecule is C[C@@H]1C(=O)N(Cc2ccccc2)Cc2nnc(-c3nccn3C)n21. The molecule has 0 fully saturated rings. The van der Waals surface area contributed by atoms with Crippen molar-refractivity contribution >= 4 is 5.91 Å². The van der Waals surface area contributed by atoms with Gasteiger partial charge in [0, 0.05) is 26.0 Å². The second kappa shape index (κ2) is 5.59. The minimum absolute atomic E-state index is 0.0709. The van der Waals surface area contributed by atoms with Crippen molar-refractivity contribution in [3.63, 3.8) is 0 Å². The van der Waals surface area contributed by atoms with Crippen LogP contribution in [0.5, 0.6) is 0 Å². The van der Waals surface area contributed by atoms with Crippen molar-refractivity contribution in [2.45, 2.75) is 26.1 Å². The number of hydrogen-bond donors (Lipinski definition) is 0. The molecule has 0 saturated heterocycles. The lowest BCUT2D eigenvalue weighted by Crippen LogP contribution is -2.41. The van der Waals surface area contributed by atoms with Gasteiger partial charge in [-0.2, -0.15) is 0 Å². The van der Waals surface area contributed by atoms with Gasteiger partial charge in [0.05, 0.1) is 6.54 Å². The fraction of sp³-hybridized carbons (Fsp3) is 0.294. The molecule has 1 aliphatic heterocycles. The molecular formula is C17H18N6O. The molecule has 0 bridgehead atoms. The Morgan fingerprint density at radius 1 is 1.17 bits per heavy atom. The van der Waals surface area contributed by atoms with E-state index in [1.165, 1.54) is 0 Å². The topological polar surface area (TPSA) is 68.8 Å². The molecule has 0 N–H and O–H groups in total. The van der Waals surface area contributed by atoms with E-state index in [1.807, 2.05) is 64.5 Å². The number of hydrogen-bond acceptors (Lipinski definition) is 4. The van der Waals surface area contributed by atoms with Crippen molar-refractivity contribution in [2.24, 2.45) is 7.05 Å². The molecule has 3 aromatic rings. The Morgan fingerprint density at radius 3 is 2.67 bits per heavy atom. The standard InChI is InChI=1S/C17H18N6O/c1-12-17(24)22(10-13-6-4-3-5-7-13)11-14-19-20-16(23(12)14)15-18-8-9-21(15)2/h3-9,12H,10-11H2,1-2H3/t12-/m1/s1. The second-order valence-electron chi connectivity index (χ2n) is 6.03. The highest BCUT2D eigenvalue weighted by Crippen LogP contribution is 2.28. The van der Waals surface area contributed by atoms with E-state index in [-0.39, 0.29) is 11.9 Å². The van der Waals surface area contributed by atoms with Gasteiger partial charge in [0.1, 0.15) is 6.04 Å². The normalized spacial score (nSPS) is 17.2. The van der Waals surface area contributed by atoms with E-state index in [9.17, 15) is 4.79 Å². The number of aryl methyl sites for hydroxylation is 1. The summed E-state index contributed by atoms with van der Waals surface area (Å²) in [5, 5.41) is 8.57. The largest absolute Gasteiger partial charge is 0.331 e. The average molecular weight is 322 g/mol. The van der Waals surface area contributed by atoms with E-state index >= 15 is 0 Å². The van der Waals surface area contributed by atoms with Crippen LogP contribution in [0.2, 0.25) is 0 Å². The highest BCUT2D eigenvalue weighted by atomic mass is 16.2. The summed E-state index contributed by atoms with van der Waals surface area (Å²) in [4.78, 5) is 19.0. The molecule has 7 heteroatoms. The molecule has 24 heavy (non-hydrogen) atoms. The average Bonchev–Trinajstić information content (AvgIpc) is 3.19. The molecule has 4 rings (SSSR count). The number of nitrogens with zero attached hydrogens (tertiary/aromatic N) is 6. The Hall–Kier alpha value is -2.96. The molecule has 1 atom stereocenters. The van der Waals surface area contributed by atoms with Crippen LogP contribution in [0.3, 0.4) is 0 Å². The number of benzene rings is 1. The molecule has 0 saturated carbocycles. The Morgan fingerprint density at radius 2 is 1.96 bits per heavy atom. The molecule has 1 amide bonds. The van der Waals surface area contributed by atoms with Crippen LogP contribution in [0, 0.1) is 0 Å². The van der Waals surface area contributed by atoms with Gasteiger partial charge in [-0.25, -0.2) is 4.98 Å². The van der Waals surface area contributed by atoms with Gasteiger partial charge in [-0.3, -0.25) is 9.36 Å². The smallest absolute Gasteiger partial charge is 0.246 e. The zero-order valence-electron chi connectivity index (χ0n) is 13.6. The van der Waals surface area contributed by atoms with Crippen molar-refractivity contribution < 1.29 is 4.79 Å². The number of fused-ring (bicyclic) bond motifs is 1. The molecule has 0 aliphatic carbocycles. The van der Waals surface area contributed by atoms with Crippen LogP contribution >= 0.6 is 0 Å². The third-order valence-electron chi connectivity index (χ3n) is 4.39. The van der Waals surface area contributed by atoms with Crippen LogP contribution in [0.25, 0.3) is 11.6 Å². The zero-order valence-corrected chi connectivity index (χ0v) is 13.6. The van der Waals surface area contributed by atoms with Crippen LogP contribution in [0.4, 0.5) is 0 Å². The van der Waals surface area contributed by atoms with Gasteiger partial charge in [0.25, 0.3) is 0 Å². The summed E-state index contributed by atoms with van der Waals surface area (Å²) in [5.74, 6) is 2.21. The van der Waals surface area contributed by atoms with Gasteiger partial charge in [0.2, 0.25) is 11.7 Å². The number of aromatic nitrogens is 5. The minimum atomic E-state index is -0.348. The first-order valence-corrected chi connectivity index (χ1v) is 7.89. The first-order chi connectivity index (χ1) is 11.6. The van der Waals surface area contributed by atoms with Gasteiger partial charge in [0.15, 0.2) is 11.6 Å². The highest BCUT2D eigenvalue weighted by Gasteiger charge is 2.34. The maximum atomic E-state index is 12.8. The molecule has 1 aromatic carbocycles. The predicted octanol–water partition coefficient (Wildman–Crippen LogP) is 1.78. The summed E-state index contributed by atoms with van der Waals surface area (Å²) in [5.41, 5.74) is 1.11. The van der Waals surface area contributed by atoms with Crippen LogP contribution in [0.1, 0.15) is 24.4 Å². The summed E-state index contributed by atoms with van der Waals surface area (Å²) in [6.45, 7) is 2.92. The van der Waals surface area contributed by atoms with Crippen molar-refractivity contribution in [2.75, 3.05) is 0 Å². The van der Waals surface area contributed by atoms with Gasteiger partial charge in [-0.15, -0.1) is 10.2 Å². The van der Waals surface area contributed by atoms with Crippen molar-refractivity contribution in [3.8, 4) is 11.6 Å². The molecule has 2 aromatic heterocycles. The van der Waals surface area contributed by atoms with Gasteiger partial charge in [-0.1, -0.05) is 30.3 Å². The molecule has 1 aliphatic rings. The summed E-state index contributed by atoms with van der Waals surface area (Å²) >= 11 is 0. The lowest BCUT2D eigenvalue weighted by molar-refractivity contribution is -0.137. The van der Waals surface area contributed by atoms with Gasteiger partial charge < -0.3 is 9.47 Å². The van der Waals surface area contributed by atoms with E-state index in [4.69, 9.17) is 0 Å². The van der Waals surface area contributed by atoms with Gasteiger partial charge >= 0.3 is 0 Å². The van der Waals surface area contributed by atoms with Crippen LogP contribution < -0.4 is 0 Å². The number of carbonyl (C=O) groups excluding carboxylic acids is 1. The van der Waals surface area contributed by atoms with E-state index < -0.39 is 0 Å². The number of carbonyl (C=O) groups is 1. The molecule has 7 nitrogen and oxygen atoms in total. The van der Waals surface area contributed by atoms with E-state index in [0.717, 1.165) is 11.4 Å². The van der Waals surface area contributed by atoms with Crippen molar-refractivity contribution in [1.82, 2.24) is 29.2 Å². The van der Waals surface area contributed by atoms with E-state index in [1.54, 1.807) is 6.20 Å². The Balaban J connectivity index is 1.68. The van der Waals surface area contributed by atoms with Crippen molar-refractivity contribution in [3.05, 3.63) is 54.1 Å². The first kappa shape index (κ1) is 14.6. The molecule has 0 unspecified atom stereocenters. The minimum Gasteiger partial charge on any atom is -0.331 e. The second-order valence-corrected chi connectivity index (χ2v) is 6.03. The van der Waals surface area contributed by atoms with Crippen molar-refractivity contribution in [1.29, 1.82) is 0 Å². The van der Waals surface area contributed by atoms with Crippen LogP contribution in [-0.4, -0.2) is 35.1 Å². The van der Waals surface area contributed by atoms with E-state index in [0.29, 0.717) is 24.7 Å². The predicted molar refractivity (Wildman–Crippen MR) is 87.6 cm³/mol. The molecule has 0 radical (unpaired) electrons. The summed E-state index contributed by atoms with van der Waals surface area (Å²) in [6, 6.07) is 9.63. The Kier molecular flexibility index (Phi) is 3.41. The fourth-order valence-corrected chi connectivity index (χ4v) is 3.13. The number of rotatable bonds is 3. The lowest BCUT2D eigenvalue weighted by Gasteiger charge is -2.32. The zero-order chi connectivity index (χ0) is 16.7. The first-order valence-electron chi connectivity index (χ1n) is 7.89. The lowest BCUT2D eigenvalue weighted by atomic mass is 10.1.